The van der Waals surface area contributed by atoms with E-state index in [1.807, 2.05) is 30.8 Å². The van der Waals surface area contributed by atoms with Crippen LogP contribution in [0.15, 0.2) is 24.3 Å². The van der Waals surface area contributed by atoms with Crippen molar-refractivity contribution >= 4 is 18.3 Å². The first-order valence-electron chi connectivity index (χ1n) is 12.1. The predicted octanol–water partition coefficient (Wildman–Crippen LogP) is 4.62. The van der Waals surface area contributed by atoms with Crippen molar-refractivity contribution in [2.75, 3.05) is 19.6 Å². The molecule has 1 saturated heterocycles. The van der Waals surface area contributed by atoms with Gasteiger partial charge in [0.15, 0.2) is 0 Å². The molecule has 2 aromatic rings. The lowest BCUT2D eigenvalue weighted by Gasteiger charge is -2.39. The van der Waals surface area contributed by atoms with Crippen LogP contribution in [-0.2, 0) is 23.7 Å². The molecule has 0 unspecified atom stereocenters. The Hall–Kier alpha value is -1.92. The van der Waals surface area contributed by atoms with E-state index in [0.29, 0.717) is 6.42 Å². The zero-order valence-corrected chi connectivity index (χ0v) is 21.0. The Morgan fingerprint density at radius 3 is 2.45 bits per heavy atom. The molecule has 33 heavy (non-hydrogen) atoms. The smallest absolute Gasteiger partial charge is 0.220 e. The summed E-state index contributed by atoms with van der Waals surface area (Å²) in [5.41, 5.74) is 4.18. The Balaban J connectivity index is 0.00000306. The highest BCUT2D eigenvalue weighted by Gasteiger charge is 2.39. The second-order valence-corrected chi connectivity index (χ2v) is 9.86. The summed E-state index contributed by atoms with van der Waals surface area (Å²) >= 11 is 0. The van der Waals surface area contributed by atoms with Gasteiger partial charge in [-0.05, 0) is 63.1 Å². The van der Waals surface area contributed by atoms with Gasteiger partial charge in [-0.3, -0.25) is 9.48 Å². The molecule has 2 aliphatic rings. The van der Waals surface area contributed by atoms with Crippen LogP contribution in [0, 0.1) is 19.7 Å². The third-order valence-corrected chi connectivity index (χ3v) is 7.75. The van der Waals surface area contributed by atoms with Crippen LogP contribution in [-0.4, -0.2) is 46.3 Å². The van der Waals surface area contributed by atoms with E-state index in [0.717, 1.165) is 68.7 Å². The summed E-state index contributed by atoms with van der Waals surface area (Å²) in [6.07, 6.45) is 7.66. The molecule has 0 radical (unpaired) electrons. The molecule has 1 amide bonds. The normalized spacial score (nSPS) is 18.8. The number of nitrogens with zero attached hydrogens (tertiary/aromatic N) is 3. The predicted molar refractivity (Wildman–Crippen MR) is 132 cm³/mol. The number of halogens is 2. The number of aromatic nitrogens is 2. The molecule has 2 fully saturated rings. The third kappa shape index (κ3) is 5.78. The van der Waals surface area contributed by atoms with Crippen molar-refractivity contribution in [3.63, 3.8) is 0 Å². The van der Waals surface area contributed by atoms with E-state index in [-0.39, 0.29) is 35.6 Å². The van der Waals surface area contributed by atoms with Gasteiger partial charge in [0.25, 0.3) is 0 Å². The van der Waals surface area contributed by atoms with Gasteiger partial charge in [-0.2, -0.15) is 5.10 Å². The minimum atomic E-state index is -0.0596. The average Bonchev–Trinajstić information content (AvgIpc) is 3.33. The molecule has 1 aliphatic heterocycles. The van der Waals surface area contributed by atoms with Crippen molar-refractivity contribution in [3.05, 3.63) is 52.6 Å². The molecule has 0 atom stereocenters. The van der Waals surface area contributed by atoms with Crippen LogP contribution in [0.2, 0.25) is 0 Å². The van der Waals surface area contributed by atoms with Gasteiger partial charge in [-0.15, -0.1) is 12.4 Å². The average molecular weight is 477 g/mol. The van der Waals surface area contributed by atoms with Crippen LogP contribution in [0.3, 0.4) is 0 Å². The number of carbonyl (C=O) groups is 1. The van der Waals surface area contributed by atoms with Crippen LogP contribution in [0.4, 0.5) is 4.39 Å². The number of piperidine rings is 1. The zero-order chi connectivity index (χ0) is 22.7. The van der Waals surface area contributed by atoms with Crippen LogP contribution in [0.25, 0.3) is 0 Å². The van der Waals surface area contributed by atoms with Gasteiger partial charge in [0, 0.05) is 50.3 Å². The lowest BCUT2D eigenvalue weighted by atomic mass is 9.77. The molecule has 1 aliphatic carbocycles. The lowest BCUT2D eigenvalue weighted by molar-refractivity contribution is -0.122. The van der Waals surface area contributed by atoms with Crippen LogP contribution >= 0.6 is 12.4 Å². The molecule has 1 saturated carbocycles. The van der Waals surface area contributed by atoms with Gasteiger partial charge in [-0.25, -0.2) is 4.39 Å². The van der Waals surface area contributed by atoms with E-state index < -0.39 is 0 Å². The van der Waals surface area contributed by atoms with Crippen molar-refractivity contribution in [1.82, 2.24) is 20.0 Å². The van der Waals surface area contributed by atoms with Gasteiger partial charge in [0.1, 0.15) is 5.82 Å². The van der Waals surface area contributed by atoms with E-state index in [9.17, 15) is 9.18 Å². The summed E-state index contributed by atoms with van der Waals surface area (Å²) in [6, 6.07) is 7.58. The van der Waals surface area contributed by atoms with Crippen molar-refractivity contribution in [2.45, 2.75) is 76.7 Å². The Morgan fingerprint density at radius 2 is 1.85 bits per heavy atom. The minimum absolute atomic E-state index is 0. The largest absolute Gasteiger partial charge is 0.353 e. The molecule has 1 aromatic heterocycles. The number of carbonyl (C=O) groups excluding carboxylic acids is 1. The van der Waals surface area contributed by atoms with Crippen molar-refractivity contribution in [2.24, 2.45) is 7.05 Å². The van der Waals surface area contributed by atoms with Crippen molar-refractivity contribution in [3.8, 4) is 0 Å². The first-order chi connectivity index (χ1) is 15.4. The SMILES string of the molecule is Cc1nn(C)c(C)c1CCC(=O)NC1CCN(CC2(c3ccccc3F)CCCC2)CC1.Cl. The Labute approximate surface area is 203 Å². The number of likely N-dealkylation sites (tertiary alicyclic amines) is 1. The molecule has 182 valence electrons. The number of hydrogen-bond acceptors (Lipinski definition) is 3. The fraction of sp³-hybridized carbons (Fsp3) is 0.615. The molecular weight excluding hydrogens is 439 g/mol. The fourth-order valence-corrected chi connectivity index (χ4v) is 5.84. The zero-order valence-electron chi connectivity index (χ0n) is 20.2. The maximum absolute atomic E-state index is 14.6. The highest BCUT2D eigenvalue weighted by atomic mass is 35.5. The minimum Gasteiger partial charge on any atom is -0.353 e. The van der Waals surface area contributed by atoms with Crippen molar-refractivity contribution in [1.29, 1.82) is 0 Å². The van der Waals surface area contributed by atoms with Crippen LogP contribution in [0.1, 0.15) is 67.5 Å². The summed E-state index contributed by atoms with van der Waals surface area (Å²) in [6.45, 7) is 6.91. The topological polar surface area (TPSA) is 50.2 Å². The molecule has 5 nitrogen and oxygen atoms in total. The monoisotopic (exact) mass is 476 g/mol. The van der Waals surface area contributed by atoms with Crippen LogP contribution in [0.5, 0.6) is 0 Å². The standard InChI is InChI=1S/C26H37FN4O.ClH/c1-19-22(20(2)30(3)29-19)10-11-25(32)28-21-12-16-31(17-13-21)18-26(14-6-7-15-26)23-8-4-5-9-24(23)27;/h4-5,8-9,21H,6-7,10-18H2,1-3H3,(H,28,32);1H. The number of aryl methyl sites for hydroxylation is 2. The third-order valence-electron chi connectivity index (χ3n) is 7.75. The highest BCUT2D eigenvalue weighted by Crippen LogP contribution is 2.43. The number of nitrogens with one attached hydrogen (secondary N) is 1. The Bertz CT molecular complexity index is 946. The number of benzene rings is 1. The Morgan fingerprint density at radius 1 is 1.18 bits per heavy atom. The van der Waals surface area contributed by atoms with Gasteiger partial charge in [0.2, 0.25) is 5.91 Å². The lowest BCUT2D eigenvalue weighted by Crippen LogP contribution is -2.48. The number of hydrogen-bond donors (Lipinski definition) is 1. The van der Waals surface area contributed by atoms with E-state index in [4.69, 9.17) is 0 Å². The van der Waals surface area contributed by atoms with Gasteiger partial charge in [-0.1, -0.05) is 31.0 Å². The molecule has 4 rings (SSSR count). The highest BCUT2D eigenvalue weighted by molar-refractivity contribution is 5.85. The summed E-state index contributed by atoms with van der Waals surface area (Å²) < 4.78 is 16.5. The summed E-state index contributed by atoms with van der Waals surface area (Å²) in [4.78, 5) is 15.0. The van der Waals surface area contributed by atoms with Gasteiger partial charge < -0.3 is 10.2 Å². The van der Waals surface area contributed by atoms with Gasteiger partial charge >= 0.3 is 0 Å². The number of amides is 1. The maximum Gasteiger partial charge on any atom is 0.220 e. The van der Waals surface area contributed by atoms with E-state index in [1.165, 1.54) is 18.4 Å². The second-order valence-electron chi connectivity index (χ2n) is 9.86. The van der Waals surface area contributed by atoms with E-state index in [2.05, 4.69) is 22.2 Å². The van der Waals surface area contributed by atoms with E-state index >= 15 is 0 Å². The molecule has 0 spiro atoms. The molecule has 2 heterocycles. The molecule has 1 N–H and O–H groups in total. The summed E-state index contributed by atoms with van der Waals surface area (Å²) in [5, 5.41) is 7.69. The molecular formula is C26H38ClFN4O. The van der Waals surface area contributed by atoms with Gasteiger partial charge in [0.05, 0.1) is 5.69 Å². The summed E-state index contributed by atoms with van der Waals surface area (Å²) in [5.74, 6) is 0.0698. The quantitative estimate of drug-likeness (QED) is 0.634. The van der Waals surface area contributed by atoms with Crippen molar-refractivity contribution < 1.29 is 9.18 Å². The first-order valence-corrected chi connectivity index (χ1v) is 12.1. The maximum atomic E-state index is 14.6. The molecule has 0 bridgehead atoms. The molecule has 1 aromatic carbocycles. The fourth-order valence-electron chi connectivity index (χ4n) is 5.84. The van der Waals surface area contributed by atoms with E-state index in [1.54, 1.807) is 12.1 Å². The number of rotatable bonds is 7. The Kier molecular flexibility index (Phi) is 8.57. The first kappa shape index (κ1) is 25.7. The molecule has 7 heteroatoms. The second kappa shape index (κ2) is 11.0. The van der Waals surface area contributed by atoms with Crippen LogP contribution < -0.4 is 5.32 Å². The summed E-state index contributed by atoms with van der Waals surface area (Å²) in [7, 11) is 1.95.